The molecule has 0 aromatic carbocycles. The lowest BCUT2D eigenvalue weighted by atomic mass is 9.97. The number of carbonyl (C=O) groups excluding carboxylic acids is 2. The van der Waals surface area contributed by atoms with Crippen LogP contribution in [0, 0.1) is 19.8 Å². The van der Waals surface area contributed by atoms with Crippen molar-refractivity contribution in [3.05, 3.63) is 21.6 Å². The lowest BCUT2D eigenvalue weighted by Gasteiger charge is -2.32. The van der Waals surface area contributed by atoms with Gasteiger partial charge in [-0.2, -0.15) is 0 Å². The van der Waals surface area contributed by atoms with Gasteiger partial charge in [-0.1, -0.05) is 11.8 Å². The van der Waals surface area contributed by atoms with Gasteiger partial charge in [0.25, 0.3) is 5.56 Å². The van der Waals surface area contributed by atoms with E-state index in [4.69, 9.17) is 4.74 Å². The van der Waals surface area contributed by atoms with Crippen LogP contribution in [-0.2, 0) is 14.3 Å². The normalized spacial score (nSPS) is 22.2. The minimum Gasteiger partial charge on any atom is -0.466 e. The Bertz CT molecular complexity index is 776. The summed E-state index contributed by atoms with van der Waals surface area (Å²) in [5.41, 5.74) is 1.32. The Kier molecular flexibility index (Phi) is 5.70. The number of fused-ring (bicyclic) bond motifs is 1. The van der Waals surface area contributed by atoms with Gasteiger partial charge in [-0.3, -0.25) is 19.0 Å². The van der Waals surface area contributed by atoms with E-state index in [9.17, 15) is 14.4 Å². The predicted octanol–water partition coefficient (Wildman–Crippen LogP) is 1.70. The average molecular weight is 379 g/mol. The molecule has 142 valence electrons. The maximum absolute atomic E-state index is 12.8. The number of amides is 1. The zero-order chi connectivity index (χ0) is 18.8. The summed E-state index contributed by atoms with van der Waals surface area (Å²) >= 11 is 1.52. The molecule has 2 unspecified atom stereocenters. The standard InChI is InChI=1S/C18H25N3O4S/c1-4-25-17(24)13-6-5-7-20(9-13)15(22)8-14-10-26-18-19-12(3)11(2)16(23)21(14)18/h13-14H,4-10H2,1-3H3. The number of aryl methyl sites for hydroxylation is 1. The van der Waals surface area contributed by atoms with Gasteiger partial charge in [0.05, 0.1) is 18.6 Å². The maximum atomic E-state index is 12.8. The number of likely N-dealkylation sites (tertiary alicyclic amines) is 1. The summed E-state index contributed by atoms with van der Waals surface area (Å²) in [6.07, 6.45) is 1.82. The van der Waals surface area contributed by atoms with Gasteiger partial charge >= 0.3 is 5.97 Å². The second-order valence-electron chi connectivity index (χ2n) is 6.88. The molecule has 0 radical (unpaired) electrons. The number of rotatable bonds is 4. The van der Waals surface area contributed by atoms with Gasteiger partial charge in [0.1, 0.15) is 0 Å². The van der Waals surface area contributed by atoms with Gasteiger partial charge in [-0.15, -0.1) is 0 Å². The summed E-state index contributed by atoms with van der Waals surface area (Å²) in [5, 5.41) is 0.693. The highest BCUT2D eigenvalue weighted by molar-refractivity contribution is 7.99. The van der Waals surface area contributed by atoms with Crippen molar-refractivity contribution in [2.45, 2.75) is 51.2 Å². The van der Waals surface area contributed by atoms with Crippen molar-refractivity contribution in [3.63, 3.8) is 0 Å². The molecule has 1 amide bonds. The summed E-state index contributed by atoms with van der Waals surface area (Å²) in [7, 11) is 0. The van der Waals surface area contributed by atoms with Crippen LogP contribution in [0.15, 0.2) is 9.95 Å². The Labute approximate surface area is 157 Å². The molecule has 1 fully saturated rings. The summed E-state index contributed by atoms with van der Waals surface area (Å²) in [4.78, 5) is 43.6. The lowest BCUT2D eigenvalue weighted by molar-refractivity contribution is -0.151. The predicted molar refractivity (Wildman–Crippen MR) is 98.3 cm³/mol. The first kappa shape index (κ1) is 18.9. The van der Waals surface area contributed by atoms with Crippen LogP contribution in [-0.4, -0.2) is 51.8 Å². The van der Waals surface area contributed by atoms with E-state index < -0.39 is 0 Å². The number of hydrogen-bond acceptors (Lipinski definition) is 6. The lowest BCUT2D eigenvalue weighted by Crippen LogP contribution is -2.43. The quantitative estimate of drug-likeness (QED) is 0.585. The molecule has 0 saturated carbocycles. The third-order valence-corrected chi connectivity index (χ3v) is 6.22. The highest BCUT2D eigenvalue weighted by atomic mass is 32.2. The van der Waals surface area contributed by atoms with E-state index in [2.05, 4.69) is 4.98 Å². The Morgan fingerprint density at radius 2 is 2.12 bits per heavy atom. The molecule has 8 heteroatoms. The van der Waals surface area contributed by atoms with Gasteiger partial charge in [-0.05, 0) is 33.6 Å². The summed E-state index contributed by atoms with van der Waals surface area (Å²) in [6, 6.07) is -0.176. The Morgan fingerprint density at radius 1 is 1.35 bits per heavy atom. The smallest absolute Gasteiger partial charge is 0.310 e. The van der Waals surface area contributed by atoms with Crippen LogP contribution in [0.1, 0.15) is 43.5 Å². The molecular formula is C18H25N3O4S. The summed E-state index contributed by atoms with van der Waals surface area (Å²) in [6.45, 7) is 6.81. The molecule has 2 atom stereocenters. The molecule has 2 aliphatic rings. The molecule has 0 N–H and O–H groups in total. The zero-order valence-electron chi connectivity index (χ0n) is 15.5. The van der Waals surface area contributed by atoms with E-state index >= 15 is 0 Å². The first-order valence-corrected chi connectivity index (χ1v) is 10.1. The monoisotopic (exact) mass is 379 g/mol. The average Bonchev–Trinajstić information content (AvgIpc) is 3.02. The zero-order valence-corrected chi connectivity index (χ0v) is 16.3. The van der Waals surface area contributed by atoms with Gasteiger partial charge in [0.15, 0.2) is 5.16 Å². The van der Waals surface area contributed by atoms with Crippen LogP contribution in [0.4, 0.5) is 0 Å². The molecule has 0 aliphatic carbocycles. The van der Waals surface area contributed by atoms with Gasteiger partial charge < -0.3 is 9.64 Å². The van der Waals surface area contributed by atoms with Crippen molar-refractivity contribution >= 4 is 23.6 Å². The number of thioether (sulfide) groups is 1. The van der Waals surface area contributed by atoms with Crippen molar-refractivity contribution in [1.29, 1.82) is 0 Å². The van der Waals surface area contributed by atoms with Gasteiger partial charge in [0, 0.05) is 36.5 Å². The van der Waals surface area contributed by atoms with Gasteiger partial charge in [-0.25, -0.2) is 4.98 Å². The molecule has 2 aliphatic heterocycles. The van der Waals surface area contributed by atoms with Crippen LogP contribution < -0.4 is 5.56 Å². The largest absolute Gasteiger partial charge is 0.466 e. The summed E-state index contributed by atoms with van der Waals surface area (Å²) in [5.74, 6) is 0.194. The molecule has 0 spiro atoms. The highest BCUT2D eigenvalue weighted by Crippen LogP contribution is 2.33. The van der Waals surface area contributed by atoms with Crippen molar-refractivity contribution in [3.8, 4) is 0 Å². The number of aromatic nitrogens is 2. The van der Waals surface area contributed by atoms with E-state index in [1.165, 1.54) is 11.8 Å². The van der Waals surface area contributed by atoms with E-state index in [0.717, 1.165) is 18.5 Å². The first-order valence-electron chi connectivity index (χ1n) is 9.09. The minimum absolute atomic E-state index is 0.0115. The molecule has 1 aromatic heterocycles. The molecule has 1 saturated heterocycles. The Hall–Kier alpha value is -1.83. The fraction of sp³-hybridized carbons (Fsp3) is 0.667. The summed E-state index contributed by atoms with van der Waals surface area (Å²) < 4.78 is 6.76. The third kappa shape index (κ3) is 3.65. The number of carbonyl (C=O) groups is 2. The molecule has 0 bridgehead atoms. The number of ether oxygens (including phenoxy) is 1. The van der Waals surface area contributed by atoms with Crippen LogP contribution in [0.25, 0.3) is 0 Å². The van der Waals surface area contributed by atoms with Crippen LogP contribution >= 0.6 is 11.8 Å². The maximum Gasteiger partial charge on any atom is 0.310 e. The molecule has 7 nitrogen and oxygen atoms in total. The first-order chi connectivity index (χ1) is 12.4. The van der Waals surface area contributed by atoms with Crippen molar-refractivity contribution in [2.75, 3.05) is 25.4 Å². The van der Waals surface area contributed by atoms with Crippen LogP contribution in [0.3, 0.4) is 0 Å². The number of piperidine rings is 1. The molecule has 26 heavy (non-hydrogen) atoms. The van der Waals surface area contributed by atoms with Crippen LogP contribution in [0.5, 0.6) is 0 Å². The SMILES string of the molecule is CCOC(=O)C1CCCN(C(=O)CC2CSc3nc(C)c(C)c(=O)n32)C1. The molecule has 3 rings (SSSR count). The van der Waals surface area contributed by atoms with E-state index in [-0.39, 0.29) is 35.8 Å². The van der Waals surface area contributed by atoms with Crippen LogP contribution in [0.2, 0.25) is 0 Å². The number of hydrogen-bond donors (Lipinski definition) is 0. The highest BCUT2D eigenvalue weighted by Gasteiger charge is 2.33. The Morgan fingerprint density at radius 3 is 2.85 bits per heavy atom. The third-order valence-electron chi connectivity index (χ3n) is 5.13. The van der Waals surface area contributed by atoms with Crippen molar-refractivity contribution < 1.29 is 14.3 Å². The topological polar surface area (TPSA) is 81.5 Å². The molecule has 1 aromatic rings. The van der Waals surface area contributed by atoms with Gasteiger partial charge in [0.2, 0.25) is 5.91 Å². The van der Waals surface area contributed by atoms with E-state index in [1.54, 1.807) is 23.3 Å². The molecular weight excluding hydrogens is 354 g/mol. The second-order valence-corrected chi connectivity index (χ2v) is 7.87. The van der Waals surface area contributed by atoms with E-state index in [0.29, 0.717) is 36.2 Å². The van der Waals surface area contributed by atoms with E-state index in [1.807, 2.05) is 6.92 Å². The number of nitrogens with zero attached hydrogens (tertiary/aromatic N) is 3. The Balaban J connectivity index is 1.70. The number of esters is 1. The fourth-order valence-electron chi connectivity index (χ4n) is 3.51. The van der Waals surface area contributed by atoms with Crippen molar-refractivity contribution in [1.82, 2.24) is 14.5 Å². The minimum atomic E-state index is -0.243. The fourth-order valence-corrected chi connectivity index (χ4v) is 4.69. The van der Waals surface area contributed by atoms with Crippen molar-refractivity contribution in [2.24, 2.45) is 5.92 Å². The molecule has 3 heterocycles. The second kappa shape index (κ2) is 7.82.